The van der Waals surface area contributed by atoms with E-state index in [1.165, 1.54) is 20.7 Å². The highest BCUT2D eigenvalue weighted by Crippen LogP contribution is 2.39. The summed E-state index contributed by atoms with van der Waals surface area (Å²) in [6, 6.07) is 65.3. The third-order valence-electron chi connectivity index (χ3n) is 9.68. The zero-order chi connectivity index (χ0) is 34.1. The maximum Gasteiger partial charge on any atom is 0.180 e. The molecule has 0 bridgehead atoms. The van der Waals surface area contributed by atoms with Crippen LogP contribution in [0.1, 0.15) is 16.7 Å². The largest absolute Gasteiger partial charge is 0.307 e. The van der Waals surface area contributed by atoms with Crippen LogP contribution in [0.5, 0.6) is 0 Å². The van der Waals surface area contributed by atoms with Crippen LogP contribution in [0.3, 0.4) is 0 Å². The van der Waals surface area contributed by atoms with Gasteiger partial charge in [-0.05, 0) is 56.6 Å². The Morgan fingerprint density at radius 1 is 0.440 bits per heavy atom. The molecule has 7 aromatic carbocycles. The van der Waals surface area contributed by atoms with Crippen LogP contribution < -0.4 is 20.7 Å². The lowest BCUT2D eigenvalue weighted by molar-refractivity contribution is 1.16. The molecule has 8 rings (SSSR count). The van der Waals surface area contributed by atoms with Gasteiger partial charge >= 0.3 is 0 Å². The lowest BCUT2D eigenvalue weighted by Gasteiger charge is -2.36. The summed E-state index contributed by atoms with van der Waals surface area (Å²) in [5, 5.41) is 37.7. The molecule has 5 heteroatoms. The predicted molar refractivity (Wildman–Crippen MR) is 204 cm³/mol. The predicted octanol–water partition coefficient (Wildman–Crippen LogP) is 7.44. The molecule has 0 spiro atoms. The fourth-order valence-corrected chi connectivity index (χ4v) is 12.6. The van der Waals surface area contributed by atoms with E-state index < -0.39 is 8.07 Å². The molecule has 0 atom stereocenters. The first kappa shape index (κ1) is 30.4. The minimum Gasteiger partial charge on any atom is -0.307 e. The van der Waals surface area contributed by atoms with Gasteiger partial charge in [0.25, 0.3) is 0 Å². The van der Waals surface area contributed by atoms with Crippen LogP contribution in [0, 0.1) is 34.0 Å². The van der Waals surface area contributed by atoms with Crippen molar-refractivity contribution in [2.45, 2.75) is 0 Å². The number of hydrogen-bond acceptors (Lipinski definition) is 3. The Morgan fingerprint density at radius 3 is 1.60 bits per heavy atom. The van der Waals surface area contributed by atoms with Gasteiger partial charge in [-0.15, -0.1) is 0 Å². The molecule has 0 saturated carbocycles. The number of aromatic nitrogens is 1. The molecule has 1 heterocycles. The van der Waals surface area contributed by atoms with Gasteiger partial charge in [0.1, 0.15) is 12.1 Å². The first-order valence-corrected chi connectivity index (χ1v) is 18.4. The molecule has 0 radical (unpaired) electrons. The van der Waals surface area contributed by atoms with Gasteiger partial charge in [-0.3, -0.25) is 0 Å². The standard InChI is InChI=1S/C45H28N4Si/c46-29-32-24-27-43-40(28-32)37-20-10-12-22-42(37)49(43)45-39(26-25-33(30-47)41(45)31-48)38-21-11-13-23-44(38)50(34-14-4-1-5-15-34,35-16-6-2-7-17-35)36-18-8-3-9-19-36/h1-28H. The first-order chi connectivity index (χ1) is 24.7. The number of benzene rings is 7. The molecule has 4 nitrogen and oxygen atoms in total. The summed E-state index contributed by atoms with van der Waals surface area (Å²) in [5.74, 6) is 0. The van der Waals surface area contributed by atoms with Gasteiger partial charge in [-0.1, -0.05) is 140 Å². The number of para-hydroxylation sites is 1. The topological polar surface area (TPSA) is 76.3 Å². The summed E-state index contributed by atoms with van der Waals surface area (Å²) in [6.07, 6.45) is 0. The Balaban J connectivity index is 1.56. The highest BCUT2D eigenvalue weighted by molar-refractivity contribution is 7.20. The molecule has 1 aromatic heterocycles. The van der Waals surface area contributed by atoms with Crippen molar-refractivity contribution >= 4 is 50.6 Å². The minimum absolute atomic E-state index is 0.304. The van der Waals surface area contributed by atoms with Gasteiger partial charge in [-0.2, -0.15) is 15.8 Å². The Labute approximate surface area is 291 Å². The lowest BCUT2D eigenvalue weighted by Crippen LogP contribution is -2.75. The molecule has 0 fully saturated rings. The number of fused-ring (bicyclic) bond motifs is 3. The van der Waals surface area contributed by atoms with E-state index in [0.29, 0.717) is 22.4 Å². The fourth-order valence-electron chi connectivity index (χ4n) is 7.61. The number of nitrogens with zero attached hydrogens (tertiary/aromatic N) is 4. The smallest absolute Gasteiger partial charge is 0.180 e. The van der Waals surface area contributed by atoms with E-state index in [9.17, 15) is 15.8 Å². The van der Waals surface area contributed by atoms with E-state index in [1.807, 2.05) is 48.5 Å². The van der Waals surface area contributed by atoms with E-state index in [4.69, 9.17) is 0 Å². The molecule has 0 saturated heterocycles. The summed E-state index contributed by atoms with van der Waals surface area (Å²) in [5.41, 5.74) is 5.40. The van der Waals surface area contributed by atoms with E-state index in [2.05, 4.69) is 138 Å². The second-order valence-corrected chi connectivity index (χ2v) is 16.0. The molecular weight excluding hydrogens is 625 g/mol. The number of rotatable bonds is 6. The number of nitriles is 3. The third-order valence-corrected chi connectivity index (χ3v) is 14.5. The van der Waals surface area contributed by atoms with E-state index >= 15 is 0 Å². The van der Waals surface area contributed by atoms with Crippen molar-refractivity contribution in [2.75, 3.05) is 0 Å². The Hall–Kier alpha value is -6.97. The Morgan fingerprint density at radius 2 is 1.00 bits per heavy atom. The fraction of sp³-hybridized carbons (Fsp3) is 0. The van der Waals surface area contributed by atoms with Gasteiger partial charge in [0.2, 0.25) is 0 Å². The maximum atomic E-state index is 10.8. The summed E-state index contributed by atoms with van der Waals surface area (Å²) in [7, 11) is -3.00. The van der Waals surface area contributed by atoms with Crippen molar-refractivity contribution in [3.8, 4) is 35.0 Å². The average Bonchev–Trinajstić information content (AvgIpc) is 3.52. The molecule has 50 heavy (non-hydrogen) atoms. The van der Waals surface area contributed by atoms with Crippen LogP contribution in [0.25, 0.3) is 38.6 Å². The highest BCUT2D eigenvalue weighted by Gasteiger charge is 2.43. The molecule has 0 unspecified atom stereocenters. The normalized spacial score (nSPS) is 11.1. The molecular formula is C45H28N4Si. The van der Waals surface area contributed by atoms with Crippen LogP contribution in [0.4, 0.5) is 0 Å². The quantitative estimate of drug-likeness (QED) is 0.138. The number of hydrogen-bond donors (Lipinski definition) is 0. The summed E-state index contributed by atoms with van der Waals surface area (Å²) >= 11 is 0. The maximum absolute atomic E-state index is 10.8. The molecule has 0 aliphatic carbocycles. The van der Waals surface area contributed by atoms with Gasteiger partial charge in [-0.25, -0.2) is 0 Å². The summed E-state index contributed by atoms with van der Waals surface area (Å²) in [6.45, 7) is 0. The van der Waals surface area contributed by atoms with Gasteiger partial charge in [0.05, 0.1) is 39.5 Å². The van der Waals surface area contributed by atoms with Crippen molar-refractivity contribution in [1.82, 2.24) is 4.57 Å². The molecule has 0 N–H and O–H groups in total. The molecule has 0 aliphatic heterocycles. The van der Waals surface area contributed by atoms with E-state index in [0.717, 1.165) is 32.9 Å². The molecule has 8 aromatic rings. The van der Waals surface area contributed by atoms with Crippen molar-refractivity contribution in [1.29, 1.82) is 15.8 Å². The second kappa shape index (κ2) is 12.6. The van der Waals surface area contributed by atoms with Gasteiger partial charge in [0, 0.05) is 16.3 Å². The Kier molecular flexibility index (Phi) is 7.63. The van der Waals surface area contributed by atoms with Gasteiger partial charge in [0.15, 0.2) is 8.07 Å². The molecule has 0 amide bonds. The second-order valence-electron chi connectivity index (χ2n) is 12.2. The SMILES string of the molecule is N#Cc1ccc2c(c1)c1ccccc1n2-c1c(-c2ccccc2[Si](c2ccccc2)(c2ccccc2)c2ccccc2)ccc(C#N)c1C#N. The summed E-state index contributed by atoms with van der Waals surface area (Å²) in [4.78, 5) is 0. The first-order valence-electron chi connectivity index (χ1n) is 16.4. The zero-order valence-electron chi connectivity index (χ0n) is 27.0. The van der Waals surface area contributed by atoms with Crippen molar-refractivity contribution in [2.24, 2.45) is 0 Å². The average molecular weight is 653 g/mol. The van der Waals surface area contributed by atoms with Crippen LogP contribution in [-0.4, -0.2) is 12.6 Å². The lowest BCUT2D eigenvalue weighted by atomic mass is 9.96. The molecule has 232 valence electrons. The van der Waals surface area contributed by atoms with Crippen LogP contribution in [0.15, 0.2) is 170 Å². The van der Waals surface area contributed by atoms with E-state index in [1.54, 1.807) is 6.07 Å². The third kappa shape index (κ3) is 4.64. The van der Waals surface area contributed by atoms with Crippen LogP contribution >= 0.6 is 0 Å². The van der Waals surface area contributed by atoms with Gasteiger partial charge < -0.3 is 4.57 Å². The van der Waals surface area contributed by atoms with Crippen LogP contribution in [-0.2, 0) is 0 Å². The summed E-state index contributed by atoms with van der Waals surface area (Å²) < 4.78 is 2.11. The van der Waals surface area contributed by atoms with E-state index in [-0.39, 0.29) is 0 Å². The minimum atomic E-state index is -3.00. The van der Waals surface area contributed by atoms with Crippen molar-refractivity contribution < 1.29 is 0 Å². The molecule has 0 aliphatic rings. The van der Waals surface area contributed by atoms with Crippen molar-refractivity contribution in [3.05, 3.63) is 187 Å². The zero-order valence-corrected chi connectivity index (χ0v) is 28.0. The van der Waals surface area contributed by atoms with Crippen LogP contribution in [0.2, 0.25) is 0 Å². The Bertz CT molecular complexity index is 2580. The monoisotopic (exact) mass is 652 g/mol. The highest BCUT2D eigenvalue weighted by atomic mass is 28.3. The van der Waals surface area contributed by atoms with Crippen molar-refractivity contribution in [3.63, 3.8) is 0 Å².